The van der Waals surface area contributed by atoms with Crippen molar-refractivity contribution in [2.75, 3.05) is 13.2 Å². The molecule has 1 aliphatic rings. The molecule has 0 bridgehead atoms. The number of ether oxygens (including phenoxy) is 1. The van der Waals surface area contributed by atoms with Crippen molar-refractivity contribution in [2.45, 2.75) is 37.5 Å². The first-order valence-corrected chi connectivity index (χ1v) is 11.0. The maximum atomic E-state index is 13.3. The van der Waals surface area contributed by atoms with Gasteiger partial charge in [0.15, 0.2) is 0 Å². The highest BCUT2D eigenvalue weighted by atomic mass is 32.1. The maximum absolute atomic E-state index is 13.3. The molecule has 0 amide bonds. The molecule has 1 aromatic heterocycles. The Bertz CT molecular complexity index is 898. The maximum Gasteiger partial charge on any atom is 0.123 e. The predicted molar refractivity (Wildman–Crippen MR) is 115 cm³/mol. The second-order valence-corrected chi connectivity index (χ2v) is 8.45. The summed E-state index contributed by atoms with van der Waals surface area (Å²) in [4.78, 5) is 1.13. The summed E-state index contributed by atoms with van der Waals surface area (Å²) < 4.78 is 19.4. The van der Waals surface area contributed by atoms with Crippen LogP contribution in [0.25, 0.3) is 0 Å². The van der Waals surface area contributed by atoms with Crippen LogP contribution in [0, 0.1) is 5.82 Å². The number of hydrogen-bond donors (Lipinski definition) is 2. The minimum atomic E-state index is -0.619. The average Bonchev–Trinajstić information content (AvgIpc) is 3.28. The van der Waals surface area contributed by atoms with Crippen molar-refractivity contribution in [1.29, 1.82) is 0 Å². The first-order chi connectivity index (χ1) is 14.2. The Kier molecular flexibility index (Phi) is 6.72. The SMILES string of the molecule is O[C@H](CN[C@@H](c1ccc(F)cc1)c1cccs1)CO[C@H]1CCCc2ccccc21. The lowest BCUT2D eigenvalue weighted by Crippen LogP contribution is -2.34. The molecule has 1 heterocycles. The third-order valence-electron chi connectivity index (χ3n) is 5.39. The summed E-state index contributed by atoms with van der Waals surface area (Å²) in [6.45, 7) is 0.681. The molecule has 29 heavy (non-hydrogen) atoms. The molecule has 1 aliphatic carbocycles. The van der Waals surface area contributed by atoms with Gasteiger partial charge in [-0.25, -0.2) is 4.39 Å². The number of rotatable bonds is 8. The van der Waals surface area contributed by atoms with E-state index in [1.165, 1.54) is 23.3 Å². The number of aryl methyl sites for hydroxylation is 1. The Morgan fingerprint density at radius 2 is 1.93 bits per heavy atom. The monoisotopic (exact) mass is 411 g/mol. The van der Waals surface area contributed by atoms with Crippen LogP contribution in [0.15, 0.2) is 66.0 Å². The zero-order chi connectivity index (χ0) is 20.1. The molecule has 3 nitrogen and oxygen atoms in total. The first-order valence-electron chi connectivity index (χ1n) is 10.1. The third kappa shape index (κ3) is 5.11. The molecule has 3 atom stereocenters. The number of hydrogen-bond acceptors (Lipinski definition) is 4. The number of aliphatic hydroxyl groups excluding tert-OH is 1. The number of fused-ring (bicyclic) bond motifs is 1. The molecule has 152 valence electrons. The van der Waals surface area contributed by atoms with Crippen LogP contribution in [-0.2, 0) is 11.2 Å². The fourth-order valence-corrected chi connectivity index (χ4v) is 4.74. The van der Waals surface area contributed by atoms with E-state index in [0.717, 1.165) is 29.7 Å². The van der Waals surface area contributed by atoms with E-state index in [2.05, 4.69) is 23.5 Å². The zero-order valence-electron chi connectivity index (χ0n) is 16.3. The Morgan fingerprint density at radius 3 is 2.72 bits per heavy atom. The summed E-state index contributed by atoms with van der Waals surface area (Å²) in [5.74, 6) is -0.250. The summed E-state index contributed by atoms with van der Waals surface area (Å²) >= 11 is 1.64. The van der Waals surface area contributed by atoms with Gasteiger partial charge in [0.25, 0.3) is 0 Å². The van der Waals surface area contributed by atoms with Crippen LogP contribution in [0.1, 0.15) is 46.6 Å². The third-order valence-corrected chi connectivity index (χ3v) is 6.33. The largest absolute Gasteiger partial charge is 0.389 e. The normalized spacial score (nSPS) is 18.2. The van der Waals surface area contributed by atoms with E-state index in [1.54, 1.807) is 23.5 Å². The van der Waals surface area contributed by atoms with Crippen molar-refractivity contribution in [1.82, 2.24) is 5.32 Å². The summed E-state index contributed by atoms with van der Waals surface area (Å²) in [6.07, 6.45) is 2.64. The highest BCUT2D eigenvalue weighted by Gasteiger charge is 2.22. The van der Waals surface area contributed by atoms with Gasteiger partial charge >= 0.3 is 0 Å². The molecule has 0 fully saturated rings. The van der Waals surface area contributed by atoms with E-state index in [1.807, 2.05) is 23.6 Å². The fourth-order valence-electron chi connectivity index (χ4n) is 3.92. The Balaban J connectivity index is 1.35. The van der Waals surface area contributed by atoms with Gasteiger partial charge in [-0.15, -0.1) is 11.3 Å². The Labute approximate surface area is 175 Å². The number of benzene rings is 2. The molecule has 5 heteroatoms. The molecule has 2 N–H and O–H groups in total. The van der Waals surface area contributed by atoms with Crippen LogP contribution >= 0.6 is 11.3 Å². The molecule has 0 saturated heterocycles. The van der Waals surface area contributed by atoms with Gasteiger partial charge in [0.2, 0.25) is 0 Å². The van der Waals surface area contributed by atoms with E-state index in [9.17, 15) is 9.50 Å². The molecule has 4 rings (SSSR count). The van der Waals surface area contributed by atoms with Gasteiger partial charge in [0.05, 0.1) is 24.9 Å². The van der Waals surface area contributed by atoms with Crippen molar-refractivity contribution < 1.29 is 14.2 Å². The summed E-state index contributed by atoms with van der Waals surface area (Å²) in [7, 11) is 0. The fraction of sp³-hybridized carbons (Fsp3) is 0.333. The molecule has 0 spiro atoms. The van der Waals surface area contributed by atoms with Crippen molar-refractivity contribution >= 4 is 11.3 Å². The lowest BCUT2D eigenvalue weighted by molar-refractivity contribution is -0.0171. The van der Waals surface area contributed by atoms with Gasteiger partial charge in [0, 0.05) is 11.4 Å². The predicted octanol–water partition coefficient (Wildman–Crippen LogP) is 5.02. The first kappa shape index (κ1) is 20.2. The van der Waals surface area contributed by atoms with Gasteiger partial charge in [-0.1, -0.05) is 42.5 Å². The minimum absolute atomic E-state index is 0.0554. The van der Waals surface area contributed by atoms with Gasteiger partial charge in [0.1, 0.15) is 5.82 Å². The summed E-state index contributed by atoms with van der Waals surface area (Å²) in [6, 6.07) is 18.9. The Morgan fingerprint density at radius 1 is 1.10 bits per heavy atom. The second kappa shape index (κ2) is 9.63. The highest BCUT2D eigenvalue weighted by molar-refractivity contribution is 7.10. The van der Waals surface area contributed by atoms with Crippen LogP contribution in [0.3, 0.4) is 0 Å². The molecule has 0 radical (unpaired) electrons. The quantitative estimate of drug-likeness (QED) is 0.547. The number of thiophene rings is 1. The number of halogens is 1. The number of aliphatic hydroxyl groups is 1. The molecule has 2 aromatic carbocycles. The van der Waals surface area contributed by atoms with Crippen molar-refractivity contribution in [3.05, 3.63) is 93.4 Å². The molecule has 0 aliphatic heterocycles. The average molecular weight is 412 g/mol. The lowest BCUT2D eigenvalue weighted by Gasteiger charge is -2.27. The zero-order valence-corrected chi connectivity index (χ0v) is 17.1. The van der Waals surface area contributed by atoms with E-state index in [0.29, 0.717) is 6.54 Å². The van der Waals surface area contributed by atoms with E-state index in [4.69, 9.17) is 4.74 Å². The topological polar surface area (TPSA) is 41.5 Å². The van der Waals surface area contributed by atoms with Crippen molar-refractivity contribution in [2.24, 2.45) is 0 Å². The van der Waals surface area contributed by atoms with Crippen LogP contribution < -0.4 is 5.32 Å². The molecular weight excluding hydrogens is 385 g/mol. The second-order valence-electron chi connectivity index (χ2n) is 7.48. The minimum Gasteiger partial charge on any atom is -0.389 e. The van der Waals surface area contributed by atoms with Gasteiger partial charge in [-0.2, -0.15) is 0 Å². The van der Waals surface area contributed by atoms with E-state index < -0.39 is 6.10 Å². The number of nitrogens with one attached hydrogen (secondary N) is 1. The van der Waals surface area contributed by atoms with E-state index in [-0.39, 0.29) is 24.6 Å². The molecule has 0 unspecified atom stereocenters. The van der Waals surface area contributed by atoms with Gasteiger partial charge in [-0.3, -0.25) is 0 Å². The molecular formula is C24H26FNO2S. The van der Waals surface area contributed by atoms with Crippen LogP contribution in [0.2, 0.25) is 0 Å². The smallest absolute Gasteiger partial charge is 0.123 e. The lowest BCUT2D eigenvalue weighted by atomic mass is 9.89. The summed E-state index contributed by atoms with van der Waals surface area (Å²) in [5.41, 5.74) is 3.58. The van der Waals surface area contributed by atoms with E-state index >= 15 is 0 Å². The van der Waals surface area contributed by atoms with Crippen LogP contribution in [0.5, 0.6) is 0 Å². The van der Waals surface area contributed by atoms with Crippen molar-refractivity contribution in [3.63, 3.8) is 0 Å². The van der Waals surface area contributed by atoms with Crippen LogP contribution in [0.4, 0.5) is 4.39 Å². The van der Waals surface area contributed by atoms with Gasteiger partial charge in [-0.05, 0) is 59.5 Å². The summed E-state index contributed by atoms with van der Waals surface area (Å²) in [5, 5.41) is 16.0. The van der Waals surface area contributed by atoms with Gasteiger partial charge < -0.3 is 15.2 Å². The standard InChI is InChI=1S/C24H26FNO2S/c25-19-12-10-18(11-13-19)24(23-9-4-14-29-23)26-15-20(27)16-28-22-8-3-6-17-5-1-2-7-21(17)22/h1-2,4-5,7,9-14,20,22,24,26-27H,3,6,8,15-16H2/t20-,22+,24+/m1/s1. The Hall–Kier alpha value is -2.05. The molecule has 3 aromatic rings. The highest BCUT2D eigenvalue weighted by Crippen LogP contribution is 2.32. The van der Waals surface area contributed by atoms with Crippen molar-refractivity contribution in [3.8, 4) is 0 Å². The molecule has 0 saturated carbocycles. The van der Waals surface area contributed by atoms with Crippen LogP contribution in [-0.4, -0.2) is 24.4 Å².